The highest BCUT2D eigenvalue weighted by Crippen LogP contribution is 2.66. The van der Waals surface area contributed by atoms with Crippen LogP contribution in [0.25, 0.3) is 0 Å². The summed E-state index contributed by atoms with van der Waals surface area (Å²) in [5, 5.41) is 10.7. The van der Waals surface area contributed by atoms with Gasteiger partial charge in [0.2, 0.25) is 0 Å². The van der Waals surface area contributed by atoms with Crippen molar-refractivity contribution in [3.05, 3.63) is 0 Å². The van der Waals surface area contributed by atoms with Gasteiger partial charge in [0.25, 0.3) is 0 Å². The predicted octanol–water partition coefficient (Wildman–Crippen LogP) is 1.50. The van der Waals surface area contributed by atoms with Gasteiger partial charge in [-0.05, 0) is 24.2 Å². The Labute approximate surface area is 104 Å². The van der Waals surface area contributed by atoms with E-state index in [1.807, 2.05) is 0 Å². The average molecular weight is 239 g/mol. The normalized spacial score (nSPS) is 49.8. The molecular weight excluding hydrogens is 214 g/mol. The number of rotatable bonds is 1. The summed E-state index contributed by atoms with van der Waals surface area (Å²) < 4.78 is 5.43. The van der Waals surface area contributed by atoms with Crippen LogP contribution in [0.2, 0.25) is 0 Å². The van der Waals surface area contributed by atoms with Gasteiger partial charge < -0.3 is 9.84 Å². The minimum atomic E-state index is -0.158. The molecule has 0 aromatic carbocycles. The SMILES string of the molecule is CC1(C)C2CCC1(C)[C@H](O)C2N1CCOCC1. The summed E-state index contributed by atoms with van der Waals surface area (Å²) >= 11 is 0. The van der Waals surface area contributed by atoms with Crippen LogP contribution in [0.4, 0.5) is 0 Å². The van der Waals surface area contributed by atoms with E-state index in [9.17, 15) is 5.11 Å². The van der Waals surface area contributed by atoms with E-state index in [4.69, 9.17) is 4.74 Å². The van der Waals surface area contributed by atoms with Crippen molar-refractivity contribution in [2.24, 2.45) is 16.7 Å². The molecule has 3 fully saturated rings. The Hall–Kier alpha value is -0.120. The van der Waals surface area contributed by atoms with E-state index < -0.39 is 0 Å². The van der Waals surface area contributed by atoms with Crippen LogP contribution in [0.15, 0.2) is 0 Å². The lowest BCUT2D eigenvalue weighted by atomic mass is 9.70. The van der Waals surface area contributed by atoms with E-state index in [-0.39, 0.29) is 16.9 Å². The van der Waals surface area contributed by atoms with E-state index in [1.54, 1.807) is 0 Å². The maximum absolute atomic E-state index is 10.7. The Bertz CT molecular complexity index is 311. The Balaban J connectivity index is 1.88. The van der Waals surface area contributed by atoms with Crippen molar-refractivity contribution in [2.45, 2.75) is 45.8 Å². The topological polar surface area (TPSA) is 32.7 Å². The summed E-state index contributed by atoms with van der Waals surface area (Å²) in [5.74, 6) is 0.653. The average Bonchev–Trinajstić information content (AvgIpc) is 2.62. The lowest BCUT2D eigenvalue weighted by Gasteiger charge is -2.41. The van der Waals surface area contributed by atoms with Gasteiger partial charge in [0.05, 0.1) is 19.3 Å². The van der Waals surface area contributed by atoms with Crippen molar-refractivity contribution in [2.75, 3.05) is 26.3 Å². The molecule has 2 aliphatic carbocycles. The van der Waals surface area contributed by atoms with Crippen molar-refractivity contribution in [3.63, 3.8) is 0 Å². The highest BCUT2D eigenvalue weighted by molar-refractivity contribution is 5.17. The monoisotopic (exact) mass is 239 g/mol. The third kappa shape index (κ3) is 1.39. The first-order valence-electron chi connectivity index (χ1n) is 6.98. The van der Waals surface area contributed by atoms with Crippen molar-refractivity contribution < 1.29 is 9.84 Å². The van der Waals surface area contributed by atoms with E-state index >= 15 is 0 Å². The minimum absolute atomic E-state index is 0.112. The molecule has 4 atom stereocenters. The summed E-state index contributed by atoms with van der Waals surface area (Å²) in [6, 6.07) is 0.368. The van der Waals surface area contributed by atoms with Crippen LogP contribution in [0.3, 0.4) is 0 Å². The summed E-state index contributed by atoms with van der Waals surface area (Å²) in [7, 11) is 0. The molecule has 0 aromatic rings. The third-order valence-corrected chi connectivity index (χ3v) is 6.23. The Kier molecular flexibility index (Phi) is 2.59. The van der Waals surface area contributed by atoms with Crippen LogP contribution in [0.1, 0.15) is 33.6 Å². The number of fused-ring (bicyclic) bond motifs is 2. The van der Waals surface area contributed by atoms with E-state index in [2.05, 4.69) is 25.7 Å². The quantitative estimate of drug-likeness (QED) is 0.753. The Morgan fingerprint density at radius 3 is 2.35 bits per heavy atom. The van der Waals surface area contributed by atoms with Gasteiger partial charge in [-0.1, -0.05) is 20.8 Å². The molecule has 0 radical (unpaired) electrons. The molecule has 1 aliphatic heterocycles. The standard InChI is InChI=1S/C14H25NO2/c1-13(2)10-4-5-14(13,3)12(16)11(10)15-6-8-17-9-7-15/h10-12,16H,4-9H2,1-3H3/t10?,11?,12-,14?/m1/s1. The molecular formula is C14H25NO2. The number of morpholine rings is 1. The zero-order valence-electron chi connectivity index (χ0n) is 11.3. The third-order valence-electron chi connectivity index (χ3n) is 6.23. The second kappa shape index (κ2) is 3.69. The van der Waals surface area contributed by atoms with Gasteiger partial charge in [0.1, 0.15) is 0 Å². The zero-order chi connectivity index (χ0) is 12.3. The van der Waals surface area contributed by atoms with Gasteiger partial charge in [0.15, 0.2) is 0 Å². The van der Waals surface area contributed by atoms with Crippen molar-refractivity contribution in [1.82, 2.24) is 4.90 Å². The molecule has 0 spiro atoms. The van der Waals surface area contributed by atoms with Gasteiger partial charge in [-0.2, -0.15) is 0 Å². The highest BCUT2D eigenvalue weighted by atomic mass is 16.5. The number of aliphatic hydroxyl groups is 1. The second-order valence-electron chi connectivity index (χ2n) is 6.87. The predicted molar refractivity (Wildman–Crippen MR) is 66.8 cm³/mol. The van der Waals surface area contributed by atoms with Crippen molar-refractivity contribution in [3.8, 4) is 0 Å². The van der Waals surface area contributed by atoms with Crippen LogP contribution in [-0.2, 0) is 4.74 Å². The maximum atomic E-state index is 10.7. The van der Waals surface area contributed by atoms with E-state index in [0.29, 0.717) is 12.0 Å². The minimum Gasteiger partial charge on any atom is -0.391 e. The maximum Gasteiger partial charge on any atom is 0.0756 e. The largest absolute Gasteiger partial charge is 0.391 e. The molecule has 2 bridgehead atoms. The number of aliphatic hydroxyl groups excluding tert-OH is 1. The number of ether oxygens (including phenoxy) is 1. The first-order chi connectivity index (χ1) is 7.98. The molecule has 3 heteroatoms. The van der Waals surface area contributed by atoms with E-state index in [1.165, 1.54) is 12.8 Å². The molecule has 98 valence electrons. The van der Waals surface area contributed by atoms with Crippen molar-refractivity contribution in [1.29, 1.82) is 0 Å². The molecule has 0 aromatic heterocycles. The highest BCUT2D eigenvalue weighted by Gasteiger charge is 2.66. The van der Waals surface area contributed by atoms with Gasteiger partial charge in [0, 0.05) is 24.5 Å². The molecule has 3 rings (SSSR count). The molecule has 2 saturated carbocycles. The Morgan fingerprint density at radius 2 is 1.82 bits per heavy atom. The zero-order valence-corrected chi connectivity index (χ0v) is 11.3. The first-order valence-corrected chi connectivity index (χ1v) is 6.98. The van der Waals surface area contributed by atoms with Crippen LogP contribution < -0.4 is 0 Å². The van der Waals surface area contributed by atoms with Crippen LogP contribution in [0, 0.1) is 16.7 Å². The molecule has 1 heterocycles. The lowest BCUT2D eigenvalue weighted by Crippen LogP contribution is -2.53. The molecule has 1 saturated heterocycles. The fraction of sp³-hybridized carbons (Fsp3) is 1.00. The molecule has 3 aliphatic rings. The van der Waals surface area contributed by atoms with Gasteiger partial charge >= 0.3 is 0 Å². The summed E-state index contributed by atoms with van der Waals surface area (Å²) in [5.41, 5.74) is 0.385. The molecule has 3 unspecified atom stereocenters. The number of nitrogens with zero attached hydrogens (tertiary/aromatic N) is 1. The van der Waals surface area contributed by atoms with Gasteiger partial charge in [-0.3, -0.25) is 4.90 Å². The molecule has 0 amide bonds. The summed E-state index contributed by atoms with van der Waals surface area (Å²) in [6.07, 6.45) is 2.31. The molecule has 17 heavy (non-hydrogen) atoms. The molecule has 1 N–H and O–H groups in total. The number of hydrogen-bond donors (Lipinski definition) is 1. The van der Waals surface area contributed by atoms with Gasteiger partial charge in [-0.25, -0.2) is 0 Å². The van der Waals surface area contributed by atoms with Gasteiger partial charge in [-0.15, -0.1) is 0 Å². The van der Waals surface area contributed by atoms with Crippen LogP contribution in [-0.4, -0.2) is 48.5 Å². The smallest absolute Gasteiger partial charge is 0.0756 e. The fourth-order valence-corrected chi connectivity index (χ4v) is 4.62. The number of hydrogen-bond acceptors (Lipinski definition) is 3. The Morgan fingerprint density at radius 1 is 1.18 bits per heavy atom. The fourth-order valence-electron chi connectivity index (χ4n) is 4.62. The summed E-state index contributed by atoms with van der Waals surface area (Å²) in [6.45, 7) is 10.6. The van der Waals surface area contributed by atoms with Crippen LogP contribution in [0.5, 0.6) is 0 Å². The van der Waals surface area contributed by atoms with Crippen LogP contribution >= 0.6 is 0 Å². The first kappa shape index (κ1) is 11.9. The van der Waals surface area contributed by atoms with E-state index in [0.717, 1.165) is 26.3 Å². The van der Waals surface area contributed by atoms with Crippen molar-refractivity contribution >= 4 is 0 Å². The molecule has 3 nitrogen and oxygen atoms in total. The lowest BCUT2D eigenvalue weighted by molar-refractivity contribution is -0.0596. The summed E-state index contributed by atoms with van der Waals surface area (Å²) in [4.78, 5) is 2.48. The second-order valence-corrected chi connectivity index (χ2v) is 6.87.